The first-order valence-electron chi connectivity index (χ1n) is 10.3. The number of fused-ring (bicyclic) bond motifs is 1. The van der Waals surface area contributed by atoms with Gasteiger partial charge in [0.2, 0.25) is 5.91 Å². The number of furan rings is 1. The second kappa shape index (κ2) is 9.84. The zero-order valence-electron chi connectivity index (χ0n) is 17.4. The number of aromatic nitrogens is 5. The van der Waals surface area contributed by atoms with Crippen LogP contribution in [-0.2, 0) is 24.2 Å². The summed E-state index contributed by atoms with van der Waals surface area (Å²) in [4.78, 5) is 16.5. The highest BCUT2D eigenvalue weighted by atomic mass is 16.3. The molecule has 0 saturated carbocycles. The van der Waals surface area contributed by atoms with E-state index in [0.717, 1.165) is 24.2 Å². The first-order valence-corrected chi connectivity index (χ1v) is 10.3. The van der Waals surface area contributed by atoms with Crippen LogP contribution in [0.5, 0.6) is 0 Å². The number of anilines is 1. The Bertz CT molecular complexity index is 1110. The summed E-state index contributed by atoms with van der Waals surface area (Å²) in [5.74, 6) is 2.26. The Labute approximate surface area is 179 Å². The molecule has 9 heteroatoms. The molecule has 0 spiro atoms. The highest BCUT2D eigenvalue weighted by Crippen LogP contribution is 2.10. The van der Waals surface area contributed by atoms with E-state index in [1.165, 1.54) is 0 Å². The van der Waals surface area contributed by atoms with Gasteiger partial charge in [-0.05, 0) is 49.2 Å². The minimum atomic E-state index is -0.0189. The lowest BCUT2D eigenvalue weighted by atomic mass is 10.1. The number of nitrogens with zero attached hydrogens (tertiary/aromatic N) is 5. The van der Waals surface area contributed by atoms with Gasteiger partial charge in [-0.25, -0.2) is 0 Å². The van der Waals surface area contributed by atoms with E-state index in [0.29, 0.717) is 36.7 Å². The fraction of sp³-hybridized carbons (Fsp3) is 0.318. The third kappa shape index (κ3) is 5.65. The van der Waals surface area contributed by atoms with Crippen molar-refractivity contribution in [3.8, 4) is 0 Å². The predicted molar refractivity (Wildman–Crippen MR) is 115 cm³/mol. The van der Waals surface area contributed by atoms with E-state index >= 15 is 0 Å². The molecule has 0 aliphatic heterocycles. The second-order valence-corrected chi connectivity index (χ2v) is 7.41. The monoisotopic (exact) mass is 419 g/mol. The summed E-state index contributed by atoms with van der Waals surface area (Å²) in [5, 5.41) is 19.2. The number of amides is 1. The zero-order chi connectivity index (χ0) is 21.5. The van der Waals surface area contributed by atoms with Gasteiger partial charge >= 0.3 is 0 Å². The van der Waals surface area contributed by atoms with E-state index in [2.05, 4.69) is 30.9 Å². The predicted octanol–water partition coefficient (Wildman–Crippen LogP) is 2.79. The molecule has 0 fully saturated rings. The Morgan fingerprint density at radius 1 is 1.16 bits per heavy atom. The minimum Gasteiger partial charge on any atom is -0.469 e. The molecule has 0 radical (unpaired) electrons. The van der Waals surface area contributed by atoms with Crippen molar-refractivity contribution in [2.24, 2.45) is 0 Å². The van der Waals surface area contributed by atoms with Crippen molar-refractivity contribution in [3.05, 3.63) is 72.2 Å². The molecule has 0 aromatic carbocycles. The summed E-state index contributed by atoms with van der Waals surface area (Å²) in [7, 11) is 0. The van der Waals surface area contributed by atoms with Gasteiger partial charge in [-0.1, -0.05) is 6.07 Å². The highest BCUT2D eigenvalue weighted by molar-refractivity contribution is 5.76. The molecule has 31 heavy (non-hydrogen) atoms. The smallest absolute Gasteiger partial charge is 0.220 e. The van der Waals surface area contributed by atoms with E-state index in [9.17, 15) is 4.79 Å². The molecule has 0 aliphatic rings. The largest absolute Gasteiger partial charge is 0.469 e. The van der Waals surface area contributed by atoms with Gasteiger partial charge < -0.3 is 15.1 Å². The average molecular weight is 419 g/mol. The molecular formula is C22H25N7O2. The summed E-state index contributed by atoms with van der Waals surface area (Å²) in [6.45, 7) is 2.61. The molecular weight excluding hydrogens is 394 g/mol. The van der Waals surface area contributed by atoms with Gasteiger partial charge in [0.25, 0.3) is 0 Å². The SMILES string of the molecule is CC(CCc1ccco1)NC(=O)CCc1nnc2ccc(NCc3cccnc3)nn12. The van der Waals surface area contributed by atoms with Crippen LogP contribution in [0.15, 0.2) is 59.5 Å². The van der Waals surface area contributed by atoms with Crippen molar-refractivity contribution < 1.29 is 9.21 Å². The van der Waals surface area contributed by atoms with Crippen LogP contribution in [0.1, 0.15) is 36.9 Å². The number of carbonyl (C=O) groups excluding carboxylic acids is 1. The van der Waals surface area contributed by atoms with Gasteiger partial charge in [-0.2, -0.15) is 4.52 Å². The normalized spacial score (nSPS) is 12.0. The topological polar surface area (TPSA) is 110 Å². The van der Waals surface area contributed by atoms with Gasteiger partial charge in [0, 0.05) is 44.2 Å². The fourth-order valence-corrected chi connectivity index (χ4v) is 3.24. The van der Waals surface area contributed by atoms with Crippen molar-refractivity contribution in [1.82, 2.24) is 30.1 Å². The maximum absolute atomic E-state index is 12.3. The molecule has 1 atom stereocenters. The molecule has 9 nitrogen and oxygen atoms in total. The Morgan fingerprint density at radius 2 is 2.10 bits per heavy atom. The number of hydrogen-bond acceptors (Lipinski definition) is 7. The number of nitrogens with one attached hydrogen (secondary N) is 2. The highest BCUT2D eigenvalue weighted by Gasteiger charge is 2.12. The van der Waals surface area contributed by atoms with Crippen molar-refractivity contribution in [1.29, 1.82) is 0 Å². The summed E-state index contributed by atoms with van der Waals surface area (Å²) in [6, 6.07) is 11.5. The Hall–Kier alpha value is -3.75. The molecule has 4 rings (SSSR count). The molecule has 160 valence electrons. The lowest BCUT2D eigenvalue weighted by Crippen LogP contribution is -2.33. The summed E-state index contributed by atoms with van der Waals surface area (Å²) in [6.07, 6.45) is 7.60. The van der Waals surface area contributed by atoms with Crippen molar-refractivity contribution in [3.63, 3.8) is 0 Å². The van der Waals surface area contributed by atoms with Gasteiger partial charge in [0.1, 0.15) is 11.6 Å². The molecule has 4 heterocycles. The van der Waals surface area contributed by atoms with Crippen molar-refractivity contribution in [2.45, 2.75) is 45.2 Å². The van der Waals surface area contributed by atoms with Gasteiger partial charge in [-0.3, -0.25) is 9.78 Å². The van der Waals surface area contributed by atoms with Crippen LogP contribution in [0.2, 0.25) is 0 Å². The third-order valence-corrected chi connectivity index (χ3v) is 4.91. The van der Waals surface area contributed by atoms with E-state index < -0.39 is 0 Å². The number of rotatable bonds is 10. The van der Waals surface area contributed by atoms with Gasteiger partial charge in [0.15, 0.2) is 11.5 Å². The molecule has 4 aromatic rings. The Balaban J connectivity index is 1.30. The first kappa shape index (κ1) is 20.5. The molecule has 0 aliphatic carbocycles. The summed E-state index contributed by atoms with van der Waals surface area (Å²) in [5.41, 5.74) is 1.71. The molecule has 0 saturated heterocycles. The van der Waals surface area contributed by atoms with E-state index in [4.69, 9.17) is 4.42 Å². The van der Waals surface area contributed by atoms with Crippen LogP contribution in [0, 0.1) is 0 Å². The lowest BCUT2D eigenvalue weighted by Gasteiger charge is -2.13. The molecule has 1 amide bonds. The van der Waals surface area contributed by atoms with Crippen LogP contribution >= 0.6 is 0 Å². The van der Waals surface area contributed by atoms with Crippen LogP contribution in [0.4, 0.5) is 5.82 Å². The zero-order valence-corrected chi connectivity index (χ0v) is 17.4. The quantitative estimate of drug-likeness (QED) is 0.407. The van der Waals surface area contributed by atoms with Crippen LogP contribution in [-0.4, -0.2) is 36.7 Å². The molecule has 0 bridgehead atoms. The Kier molecular flexibility index (Phi) is 6.51. The maximum Gasteiger partial charge on any atom is 0.220 e. The van der Waals surface area contributed by atoms with Crippen molar-refractivity contribution >= 4 is 17.4 Å². The lowest BCUT2D eigenvalue weighted by molar-refractivity contribution is -0.121. The second-order valence-electron chi connectivity index (χ2n) is 7.41. The average Bonchev–Trinajstić information content (AvgIpc) is 3.45. The van der Waals surface area contributed by atoms with Crippen LogP contribution < -0.4 is 10.6 Å². The van der Waals surface area contributed by atoms with Crippen LogP contribution in [0.25, 0.3) is 5.65 Å². The van der Waals surface area contributed by atoms with Crippen LogP contribution in [0.3, 0.4) is 0 Å². The van der Waals surface area contributed by atoms with E-state index in [-0.39, 0.29) is 11.9 Å². The minimum absolute atomic E-state index is 0.0189. The fourth-order valence-electron chi connectivity index (χ4n) is 3.24. The van der Waals surface area contributed by atoms with E-state index in [1.807, 2.05) is 49.5 Å². The number of aryl methyl sites for hydroxylation is 2. The molecule has 2 N–H and O–H groups in total. The molecule has 1 unspecified atom stereocenters. The van der Waals surface area contributed by atoms with Gasteiger partial charge in [-0.15, -0.1) is 15.3 Å². The molecule has 4 aromatic heterocycles. The van der Waals surface area contributed by atoms with Gasteiger partial charge in [0.05, 0.1) is 6.26 Å². The summed E-state index contributed by atoms with van der Waals surface area (Å²) < 4.78 is 7.01. The van der Waals surface area contributed by atoms with E-state index in [1.54, 1.807) is 17.0 Å². The number of carbonyl (C=O) groups is 1. The standard InChI is InChI=1S/C22H25N7O2/c1-16(6-7-18-5-3-13-31-18)25-22(30)11-10-21-27-26-20-9-8-19(28-29(20)21)24-15-17-4-2-12-23-14-17/h2-5,8-9,12-14,16H,6-7,10-11,15H2,1H3,(H,24,28)(H,25,30). The van der Waals surface area contributed by atoms with Crippen molar-refractivity contribution in [2.75, 3.05) is 5.32 Å². The maximum atomic E-state index is 12.3. The summed E-state index contributed by atoms with van der Waals surface area (Å²) >= 11 is 0. The third-order valence-electron chi connectivity index (χ3n) is 4.91. The number of hydrogen-bond donors (Lipinski definition) is 2. The first-order chi connectivity index (χ1) is 15.2. The Morgan fingerprint density at radius 3 is 2.90 bits per heavy atom. The number of pyridine rings is 1.